The first kappa shape index (κ1) is 22.2. The number of anilines is 2. The second-order valence-electron chi connectivity index (χ2n) is 8.27. The number of hydrogen-bond acceptors (Lipinski definition) is 5. The average molecular weight is 466 g/mol. The van der Waals surface area contributed by atoms with Crippen LogP contribution in [0.1, 0.15) is 37.0 Å². The molecule has 0 radical (unpaired) electrons. The minimum Gasteiger partial charge on any atom is -0.370 e. The number of nitrogens with one attached hydrogen (secondary N) is 1. The van der Waals surface area contributed by atoms with Crippen molar-refractivity contribution in [3.63, 3.8) is 0 Å². The van der Waals surface area contributed by atoms with Crippen molar-refractivity contribution in [1.82, 2.24) is 4.31 Å². The molecule has 1 aromatic heterocycles. The zero-order valence-corrected chi connectivity index (χ0v) is 19.3. The second kappa shape index (κ2) is 9.26. The first-order chi connectivity index (χ1) is 14.8. The van der Waals surface area contributed by atoms with Crippen LogP contribution in [0.4, 0.5) is 15.8 Å². The lowest BCUT2D eigenvalue weighted by molar-refractivity contribution is -0.120. The smallest absolute Gasteiger partial charge is 0.252 e. The number of aryl methyl sites for hydroxylation is 1. The van der Waals surface area contributed by atoms with Crippen molar-refractivity contribution in [2.24, 2.45) is 5.92 Å². The Morgan fingerprint density at radius 2 is 1.87 bits per heavy atom. The van der Waals surface area contributed by atoms with Crippen molar-refractivity contribution in [3.8, 4) is 0 Å². The minimum absolute atomic E-state index is 0.138. The molecule has 1 unspecified atom stereocenters. The molecule has 1 amide bonds. The molecular weight excluding hydrogens is 437 g/mol. The number of rotatable bonds is 5. The molecule has 0 saturated carbocycles. The number of benzene rings is 1. The number of halogens is 1. The van der Waals surface area contributed by atoms with Crippen LogP contribution < -0.4 is 10.2 Å². The molecule has 4 rings (SSSR count). The monoisotopic (exact) mass is 465 g/mol. The van der Waals surface area contributed by atoms with Gasteiger partial charge in [-0.2, -0.15) is 4.31 Å². The van der Waals surface area contributed by atoms with Gasteiger partial charge in [0.2, 0.25) is 5.91 Å². The molecule has 2 aliphatic heterocycles. The molecule has 0 spiro atoms. The van der Waals surface area contributed by atoms with E-state index < -0.39 is 21.8 Å². The Labute approximate surface area is 187 Å². The Morgan fingerprint density at radius 1 is 1.10 bits per heavy atom. The van der Waals surface area contributed by atoms with Crippen molar-refractivity contribution in [1.29, 1.82) is 0 Å². The van der Waals surface area contributed by atoms with Gasteiger partial charge in [-0.05, 0) is 69.4 Å². The van der Waals surface area contributed by atoms with Gasteiger partial charge in [-0.3, -0.25) is 4.79 Å². The van der Waals surface area contributed by atoms with Gasteiger partial charge in [0.15, 0.2) is 0 Å². The van der Waals surface area contributed by atoms with Gasteiger partial charge in [0, 0.05) is 31.1 Å². The zero-order chi connectivity index (χ0) is 22.0. The summed E-state index contributed by atoms with van der Waals surface area (Å²) in [7, 11) is -3.61. The molecule has 2 aromatic rings. The fourth-order valence-corrected chi connectivity index (χ4v) is 7.27. The van der Waals surface area contributed by atoms with E-state index in [9.17, 15) is 17.6 Å². The van der Waals surface area contributed by atoms with Crippen LogP contribution in [0.25, 0.3) is 0 Å². The Morgan fingerprint density at radius 3 is 2.58 bits per heavy atom. The molecule has 6 nitrogen and oxygen atoms in total. The Bertz CT molecular complexity index is 1050. The van der Waals surface area contributed by atoms with E-state index in [-0.39, 0.29) is 12.5 Å². The van der Waals surface area contributed by atoms with Gasteiger partial charge in [-0.1, -0.05) is 0 Å². The molecular formula is C22H28FN3O3S2. The molecule has 2 saturated heterocycles. The van der Waals surface area contributed by atoms with Gasteiger partial charge in [0.1, 0.15) is 10.0 Å². The van der Waals surface area contributed by atoms with E-state index in [4.69, 9.17) is 0 Å². The van der Waals surface area contributed by atoms with Gasteiger partial charge in [-0.15, -0.1) is 11.3 Å². The van der Waals surface area contributed by atoms with E-state index in [0.717, 1.165) is 36.5 Å². The number of sulfonamides is 1. The van der Waals surface area contributed by atoms with Crippen molar-refractivity contribution in [2.45, 2.75) is 43.2 Å². The van der Waals surface area contributed by atoms with E-state index in [2.05, 4.69) is 10.2 Å². The SMILES string of the molecule is Cc1ccc(S(=O)(=O)N2CCCC(C(=O)Nc3cc(F)ccc3N3CCCCC3)C2)s1. The van der Waals surface area contributed by atoms with E-state index >= 15 is 0 Å². The van der Waals surface area contributed by atoms with Gasteiger partial charge < -0.3 is 10.2 Å². The first-order valence-electron chi connectivity index (χ1n) is 10.8. The summed E-state index contributed by atoms with van der Waals surface area (Å²) < 4.78 is 41.6. The molecule has 1 aromatic carbocycles. The van der Waals surface area contributed by atoms with Crippen LogP contribution in [0.5, 0.6) is 0 Å². The number of carbonyl (C=O) groups excluding carboxylic acids is 1. The van der Waals surface area contributed by atoms with Crippen LogP contribution in [0.2, 0.25) is 0 Å². The maximum atomic E-state index is 14.0. The lowest BCUT2D eigenvalue weighted by atomic mass is 9.98. The minimum atomic E-state index is -3.61. The maximum Gasteiger partial charge on any atom is 0.252 e. The highest BCUT2D eigenvalue weighted by Crippen LogP contribution is 2.32. The molecule has 1 atom stereocenters. The van der Waals surface area contributed by atoms with Crippen molar-refractivity contribution in [2.75, 3.05) is 36.4 Å². The zero-order valence-electron chi connectivity index (χ0n) is 17.6. The summed E-state index contributed by atoms with van der Waals surface area (Å²) in [4.78, 5) is 16.2. The Balaban J connectivity index is 1.49. The number of piperidine rings is 2. The molecule has 168 valence electrons. The van der Waals surface area contributed by atoms with Crippen LogP contribution in [0.3, 0.4) is 0 Å². The van der Waals surface area contributed by atoms with E-state index in [1.165, 1.54) is 34.2 Å². The lowest BCUT2D eigenvalue weighted by Crippen LogP contribution is -2.43. The summed E-state index contributed by atoms with van der Waals surface area (Å²) in [5.41, 5.74) is 1.28. The van der Waals surface area contributed by atoms with Crippen LogP contribution in [0, 0.1) is 18.7 Å². The summed E-state index contributed by atoms with van der Waals surface area (Å²) in [6.07, 6.45) is 4.54. The number of carbonyl (C=O) groups is 1. The highest BCUT2D eigenvalue weighted by Gasteiger charge is 2.34. The first-order valence-corrected chi connectivity index (χ1v) is 13.0. The summed E-state index contributed by atoms with van der Waals surface area (Å²) in [6, 6.07) is 7.90. The standard InChI is InChI=1S/C22H28FN3O3S2/c1-16-7-10-21(30-16)31(28,29)26-13-5-6-17(15-26)22(27)24-19-14-18(23)8-9-20(19)25-11-3-2-4-12-25/h7-10,14,17H,2-6,11-13,15H2,1H3,(H,24,27). The van der Waals surface area contributed by atoms with Crippen LogP contribution in [0.15, 0.2) is 34.5 Å². The number of amides is 1. The molecule has 31 heavy (non-hydrogen) atoms. The third-order valence-electron chi connectivity index (χ3n) is 5.98. The number of hydrogen-bond donors (Lipinski definition) is 1. The van der Waals surface area contributed by atoms with Crippen LogP contribution >= 0.6 is 11.3 Å². The molecule has 3 heterocycles. The van der Waals surface area contributed by atoms with Gasteiger partial charge in [-0.25, -0.2) is 12.8 Å². The summed E-state index contributed by atoms with van der Waals surface area (Å²) in [5, 5.41) is 2.89. The molecule has 1 N–H and O–H groups in total. The third kappa shape index (κ3) is 4.94. The predicted octanol–water partition coefficient (Wildman–Crippen LogP) is 4.23. The highest BCUT2D eigenvalue weighted by molar-refractivity contribution is 7.91. The fraction of sp³-hybridized carbons (Fsp3) is 0.500. The molecule has 2 aliphatic rings. The van der Waals surface area contributed by atoms with E-state index in [1.54, 1.807) is 18.2 Å². The number of nitrogens with zero attached hydrogens (tertiary/aromatic N) is 2. The molecule has 2 fully saturated rings. The summed E-state index contributed by atoms with van der Waals surface area (Å²) in [6.45, 7) is 4.17. The van der Waals surface area contributed by atoms with Gasteiger partial charge >= 0.3 is 0 Å². The lowest BCUT2D eigenvalue weighted by Gasteiger charge is -2.32. The Kier molecular flexibility index (Phi) is 6.64. The van der Waals surface area contributed by atoms with Gasteiger partial charge in [0.05, 0.1) is 17.3 Å². The Hall–Kier alpha value is -1.97. The number of thiophene rings is 1. The van der Waals surface area contributed by atoms with E-state index in [1.807, 2.05) is 6.92 Å². The van der Waals surface area contributed by atoms with Crippen LogP contribution in [-0.2, 0) is 14.8 Å². The van der Waals surface area contributed by atoms with Crippen molar-refractivity contribution >= 4 is 38.6 Å². The van der Waals surface area contributed by atoms with Gasteiger partial charge in [0.25, 0.3) is 10.0 Å². The third-order valence-corrected chi connectivity index (χ3v) is 9.31. The van der Waals surface area contributed by atoms with Crippen molar-refractivity contribution in [3.05, 3.63) is 41.0 Å². The molecule has 0 bridgehead atoms. The quantitative estimate of drug-likeness (QED) is 0.718. The maximum absolute atomic E-state index is 14.0. The second-order valence-corrected chi connectivity index (χ2v) is 11.7. The topological polar surface area (TPSA) is 69.7 Å². The molecule has 0 aliphatic carbocycles. The highest BCUT2D eigenvalue weighted by atomic mass is 32.2. The predicted molar refractivity (Wildman–Crippen MR) is 122 cm³/mol. The largest absolute Gasteiger partial charge is 0.370 e. The molecule has 9 heteroatoms. The van der Waals surface area contributed by atoms with Crippen LogP contribution in [-0.4, -0.2) is 44.8 Å². The normalized spacial score (nSPS) is 20.6. The summed E-state index contributed by atoms with van der Waals surface area (Å²) >= 11 is 1.24. The summed E-state index contributed by atoms with van der Waals surface area (Å²) in [5.74, 6) is -1.13. The average Bonchev–Trinajstić information content (AvgIpc) is 3.22. The van der Waals surface area contributed by atoms with E-state index in [0.29, 0.717) is 29.3 Å². The van der Waals surface area contributed by atoms with Crippen molar-refractivity contribution < 1.29 is 17.6 Å². The fourth-order valence-electron chi connectivity index (χ4n) is 4.31.